The summed E-state index contributed by atoms with van der Waals surface area (Å²) in [6, 6.07) is 11.9. The second-order valence-corrected chi connectivity index (χ2v) is 13.9. The van der Waals surface area contributed by atoms with Crippen molar-refractivity contribution in [2.45, 2.75) is 90.5 Å². The summed E-state index contributed by atoms with van der Waals surface area (Å²) in [4.78, 5) is 78.5. The summed E-state index contributed by atoms with van der Waals surface area (Å²) in [5, 5.41) is 0. The third kappa shape index (κ3) is 9.65. The van der Waals surface area contributed by atoms with Gasteiger partial charge in [0.15, 0.2) is 24.8 Å². The van der Waals surface area contributed by atoms with Crippen molar-refractivity contribution in [2.24, 2.45) is 0 Å². The second kappa shape index (κ2) is 15.0. The highest BCUT2D eigenvalue weighted by Crippen LogP contribution is 2.25. The number of carbonyl (C=O) groups excluding carboxylic acids is 6. The molecule has 0 N–H and O–H groups in total. The summed E-state index contributed by atoms with van der Waals surface area (Å²) < 4.78 is 21.3. The molecule has 2 heterocycles. The van der Waals surface area contributed by atoms with E-state index in [1.165, 1.54) is 9.80 Å². The van der Waals surface area contributed by atoms with Crippen molar-refractivity contribution in [3.63, 3.8) is 0 Å². The smallest absolute Gasteiger partial charge is 0.411 e. The maximum Gasteiger partial charge on any atom is 0.411 e. The van der Waals surface area contributed by atoms with Crippen molar-refractivity contribution in [3.05, 3.63) is 59.7 Å². The van der Waals surface area contributed by atoms with Crippen LogP contribution >= 0.6 is 0 Å². The minimum absolute atomic E-state index is 0.350. The van der Waals surface area contributed by atoms with Gasteiger partial charge in [0.05, 0.1) is 0 Å². The van der Waals surface area contributed by atoms with Crippen LogP contribution in [0.5, 0.6) is 0 Å². The molecular formula is C36H44N2O10. The lowest BCUT2D eigenvalue weighted by Crippen LogP contribution is -2.44. The molecule has 2 saturated heterocycles. The third-order valence-corrected chi connectivity index (χ3v) is 7.74. The van der Waals surface area contributed by atoms with Gasteiger partial charge >= 0.3 is 24.1 Å². The molecule has 2 atom stereocenters. The number of likely N-dealkylation sites (tertiary alicyclic amines) is 2. The van der Waals surface area contributed by atoms with Crippen molar-refractivity contribution < 1.29 is 47.7 Å². The number of Topliss-reactive ketones (excluding diaryl/α,β-unsaturated/α-hetero) is 2. The molecular weight excluding hydrogens is 620 g/mol. The van der Waals surface area contributed by atoms with Crippen LogP contribution in [-0.4, -0.2) is 95.1 Å². The van der Waals surface area contributed by atoms with Crippen LogP contribution in [0.1, 0.15) is 87.9 Å². The van der Waals surface area contributed by atoms with E-state index in [-0.39, 0.29) is 11.6 Å². The zero-order valence-corrected chi connectivity index (χ0v) is 28.4. The lowest BCUT2D eigenvalue weighted by atomic mass is 10.0. The van der Waals surface area contributed by atoms with Crippen LogP contribution in [0, 0.1) is 0 Å². The fraction of sp³-hybridized carbons (Fsp3) is 0.500. The van der Waals surface area contributed by atoms with Crippen molar-refractivity contribution in [1.29, 1.82) is 0 Å². The maximum atomic E-state index is 12.8. The van der Waals surface area contributed by atoms with Gasteiger partial charge in [-0.05, 0) is 78.4 Å². The number of ketones is 2. The number of amides is 2. The Labute approximate surface area is 280 Å². The van der Waals surface area contributed by atoms with Crippen molar-refractivity contribution in [2.75, 3.05) is 26.3 Å². The lowest BCUT2D eigenvalue weighted by Gasteiger charge is -2.27. The summed E-state index contributed by atoms with van der Waals surface area (Å²) in [5.41, 5.74) is 0.882. The standard InChI is InChI=1S/C36H44N2O10/c1-35(2,3)47-33(43)37-19-7-9-27(37)31(41)45-21-29(39)25-15-11-23(12-16-25)24-13-17-26(18-14-24)30(40)22-46-32(42)28-10-8-20-38(28)34(44)48-36(4,5)6/h11-18,27-28H,7-10,19-22H2,1-6H3/t27-,28-/m0/s1. The van der Waals surface area contributed by atoms with Gasteiger partial charge in [-0.2, -0.15) is 0 Å². The molecule has 0 saturated carbocycles. The molecule has 2 aliphatic heterocycles. The van der Waals surface area contributed by atoms with E-state index in [0.717, 1.165) is 11.1 Å². The predicted octanol–water partition coefficient (Wildman–Crippen LogP) is 5.60. The molecule has 2 aromatic carbocycles. The number of benzene rings is 2. The van der Waals surface area contributed by atoms with E-state index in [4.69, 9.17) is 18.9 Å². The van der Waals surface area contributed by atoms with Crippen LogP contribution in [0.3, 0.4) is 0 Å². The van der Waals surface area contributed by atoms with Crippen LogP contribution < -0.4 is 0 Å². The first-order valence-electron chi connectivity index (χ1n) is 16.1. The summed E-state index contributed by atoms with van der Waals surface area (Å²) >= 11 is 0. The minimum atomic E-state index is -0.793. The normalized spacial score (nSPS) is 17.9. The Balaban J connectivity index is 1.26. The summed E-state index contributed by atoms with van der Waals surface area (Å²) in [7, 11) is 0. The van der Waals surface area contributed by atoms with Gasteiger partial charge < -0.3 is 18.9 Å². The monoisotopic (exact) mass is 664 g/mol. The minimum Gasteiger partial charge on any atom is -0.456 e. The molecule has 2 amide bonds. The molecule has 2 aromatic rings. The van der Waals surface area contributed by atoms with Gasteiger partial charge in [-0.1, -0.05) is 48.5 Å². The van der Waals surface area contributed by atoms with Crippen LogP contribution in [0.25, 0.3) is 11.1 Å². The van der Waals surface area contributed by atoms with Crippen molar-refractivity contribution in [3.8, 4) is 11.1 Å². The highest BCUT2D eigenvalue weighted by molar-refractivity contribution is 5.99. The van der Waals surface area contributed by atoms with Crippen molar-refractivity contribution >= 4 is 35.7 Å². The molecule has 258 valence electrons. The molecule has 0 aliphatic carbocycles. The molecule has 0 aromatic heterocycles. The Hall–Kier alpha value is -4.74. The topological polar surface area (TPSA) is 146 Å². The zero-order valence-electron chi connectivity index (χ0n) is 28.4. The average molecular weight is 665 g/mol. The molecule has 0 spiro atoms. The summed E-state index contributed by atoms with van der Waals surface area (Å²) in [6.07, 6.45) is 0.966. The Morgan fingerprint density at radius 3 is 1.23 bits per heavy atom. The molecule has 48 heavy (non-hydrogen) atoms. The van der Waals surface area contributed by atoms with Crippen LogP contribution in [0.15, 0.2) is 48.5 Å². The number of hydrogen-bond acceptors (Lipinski definition) is 10. The molecule has 0 bridgehead atoms. The van der Waals surface area contributed by atoms with E-state index in [1.54, 1.807) is 90.1 Å². The number of hydrogen-bond donors (Lipinski definition) is 0. The highest BCUT2D eigenvalue weighted by atomic mass is 16.6. The Bertz CT molecular complexity index is 1400. The molecule has 0 unspecified atom stereocenters. The maximum absolute atomic E-state index is 12.8. The highest BCUT2D eigenvalue weighted by Gasteiger charge is 2.39. The van der Waals surface area contributed by atoms with E-state index >= 15 is 0 Å². The van der Waals surface area contributed by atoms with Crippen molar-refractivity contribution in [1.82, 2.24) is 9.80 Å². The number of nitrogens with zero attached hydrogens (tertiary/aromatic N) is 2. The number of esters is 2. The number of rotatable bonds is 9. The molecule has 2 fully saturated rings. The van der Waals surface area contributed by atoms with Crippen LogP contribution in [0.2, 0.25) is 0 Å². The Morgan fingerprint density at radius 2 is 0.917 bits per heavy atom. The van der Waals surface area contributed by atoms with E-state index < -0.39 is 60.6 Å². The lowest BCUT2D eigenvalue weighted by molar-refractivity contribution is -0.148. The molecule has 0 radical (unpaired) electrons. The van der Waals surface area contributed by atoms with E-state index in [0.29, 0.717) is 49.9 Å². The van der Waals surface area contributed by atoms with Gasteiger partial charge in [0.25, 0.3) is 0 Å². The SMILES string of the molecule is CC(C)(C)OC(=O)N1CCC[C@H]1C(=O)OCC(=O)c1ccc(-c2ccc(C(=O)COC(=O)[C@@H]3CCCN3C(=O)OC(C)(C)C)cc2)cc1. The molecule has 12 heteroatoms. The van der Waals surface area contributed by atoms with E-state index in [9.17, 15) is 28.8 Å². The van der Waals surface area contributed by atoms with Crippen LogP contribution in [-0.2, 0) is 28.5 Å². The largest absolute Gasteiger partial charge is 0.456 e. The quantitative estimate of drug-likeness (QED) is 0.189. The van der Waals surface area contributed by atoms with Gasteiger partial charge in [0, 0.05) is 24.2 Å². The summed E-state index contributed by atoms with van der Waals surface area (Å²) in [5.74, 6) is -2.07. The molecule has 12 nitrogen and oxygen atoms in total. The van der Waals surface area contributed by atoms with Crippen LogP contribution in [0.4, 0.5) is 9.59 Å². The summed E-state index contributed by atoms with van der Waals surface area (Å²) in [6.45, 7) is 10.3. The van der Waals surface area contributed by atoms with E-state index in [2.05, 4.69) is 0 Å². The van der Waals surface area contributed by atoms with Gasteiger partial charge in [0.2, 0.25) is 0 Å². The van der Waals surface area contributed by atoms with Gasteiger partial charge in [0.1, 0.15) is 23.3 Å². The zero-order chi connectivity index (χ0) is 35.2. The first-order valence-corrected chi connectivity index (χ1v) is 16.1. The predicted molar refractivity (Wildman–Crippen MR) is 174 cm³/mol. The first kappa shape index (κ1) is 36.1. The van der Waals surface area contributed by atoms with Gasteiger partial charge in [-0.15, -0.1) is 0 Å². The van der Waals surface area contributed by atoms with Gasteiger partial charge in [-0.3, -0.25) is 19.4 Å². The number of carbonyl (C=O) groups is 6. The number of ether oxygens (including phenoxy) is 4. The fourth-order valence-corrected chi connectivity index (χ4v) is 5.43. The van der Waals surface area contributed by atoms with Gasteiger partial charge in [-0.25, -0.2) is 19.2 Å². The first-order chi connectivity index (χ1) is 22.5. The van der Waals surface area contributed by atoms with E-state index in [1.807, 2.05) is 0 Å². The Morgan fingerprint density at radius 1 is 0.583 bits per heavy atom. The third-order valence-electron chi connectivity index (χ3n) is 7.74. The Kier molecular flexibility index (Phi) is 11.3. The average Bonchev–Trinajstić information content (AvgIpc) is 3.72. The molecule has 4 rings (SSSR count). The fourth-order valence-electron chi connectivity index (χ4n) is 5.43. The molecule has 2 aliphatic rings. The second-order valence-electron chi connectivity index (χ2n) is 13.9.